The molecule has 2 N–H and O–H groups in total. The number of benzene rings is 2. The molecule has 1 aromatic heterocycles. The maximum Gasteiger partial charge on any atom is 0.255 e. The molecule has 0 unspecified atom stereocenters. The summed E-state index contributed by atoms with van der Waals surface area (Å²) in [6.07, 6.45) is 0.623. The monoisotopic (exact) mass is 369 g/mol. The van der Waals surface area contributed by atoms with Crippen LogP contribution in [0.1, 0.15) is 23.0 Å². The fourth-order valence-corrected chi connectivity index (χ4v) is 2.78. The minimum Gasteiger partial charge on any atom is -0.497 e. The van der Waals surface area contributed by atoms with Crippen LogP contribution in [0, 0.1) is 5.82 Å². The summed E-state index contributed by atoms with van der Waals surface area (Å²) < 4.78 is 24.2. The van der Waals surface area contributed by atoms with E-state index in [9.17, 15) is 9.18 Å². The lowest BCUT2D eigenvalue weighted by Gasteiger charge is -2.12. The number of methoxy groups -OCH3 is 2. The van der Waals surface area contributed by atoms with Crippen LogP contribution in [-0.2, 0) is 6.42 Å². The SMILES string of the molecule is CCc1[nH]nc(-c2cc(OC)ccc2OC)c1NC(=O)c1cccc(F)c1. The van der Waals surface area contributed by atoms with Crippen molar-refractivity contribution in [3.8, 4) is 22.8 Å². The van der Waals surface area contributed by atoms with Gasteiger partial charge in [0.15, 0.2) is 0 Å². The third-order valence-electron chi connectivity index (χ3n) is 4.18. The van der Waals surface area contributed by atoms with Crippen LogP contribution in [0.4, 0.5) is 10.1 Å². The molecular weight excluding hydrogens is 349 g/mol. The average Bonchev–Trinajstić information content (AvgIpc) is 3.09. The van der Waals surface area contributed by atoms with Gasteiger partial charge in [0, 0.05) is 11.1 Å². The van der Waals surface area contributed by atoms with E-state index in [1.165, 1.54) is 18.2 Å². The van der Waals surface area contributed by atoms with E-state index in [2.05, 4.69) is 15.5 Å². The van der Waals surface area contributed by atoms with Crippen LogP contribution in [-0.4, -0.2) is 30.3 Å². The van der Waals surface area contributed by atoms with Gasteiger partial charge in [0.05, 0.1) is 25.6 Å². The van der Waals surface area contributed by atoms with Crippen molar-refractivity contribution in [3.05, 3.63) is 59.5 Å². The van der Waals surface area contributed by atoms with Crippen molar-refractivity contribution in [3.63, 3.8) is 0 Å². The fraction of sp³-hybridized carbons (Fsp3) is 0.200. The Bertz CT molecular complexity index is 969. The summed E-state index contributed by atoms with van der Waals surface area (Å²) in [5.74, 6) is 0.328. The molecule has 0 aliphatic carbocycles. The summed E-state index contributed by atoms with van der Waals surface area (Å²) in [6.45, 7) is 1.94. The standard InChI is InChI=1S/C20H20FN3O3/c1-4-16-19(22-20(25)12-6-5-7-13(21)10-12)18(24-23-16)15-11-14(26-2)8-9-17(15)27-3/h5-11H,4H2,1-3H3,(H,22,25)(H,23,24). The largest absolute Gasteiger partial charge is 0.497 e. The molecule has 0 saturated carbocycles. The highest BCUT2D eigenvalue weighted by atomic mass is 19.1. The topological polar surface area (TPSA) is 76.2 Å². The van der Waals surface area contributed by atoms with Gasteiger partial charge in [-0.3, -0.25) is 9.89 Å². The molecule has 1 amide bonds. The zero-order chi connectivity index (χ0) is 19.4. The van der Waals surface area contributed by atoms with Crippen LogP contribution in [0.2, 0.25) is 0 Å². The van der Waals surface area contributed by atoms with E-state index >= 15 is 0 Å². The van der Waals surface area contributed by atoms with Gasteiger partial charge in [-0.15, -0.1) is 0 Å². The molecule has 1 heterocycles. The molecule has 0 fully saturated rings. The quantitative estimate of drug-likeness (QED) is 0.687. The molecule has 27 heavy (non-hydrogen) atoms. The number of halogens is 1. The zero-order valence-electron chi connectivity index (χ0n) is 15.3. The van der Waals surface area contributed by atoms with Gasteiger partial charge in [0.2, 0.25) is 0 Å². The Morgan fingerprint density at radius 3 is 2.67 bits per heavy atom. The normalized spacial score (nSPS) is 10.5. The fourth-order valence-electron chi connectivity index (χ4n) is 2.78. The number of amides is 1. The Kier molecular flexibility index (Phi) is 5.40. The third kappa shape index (κ3) is 3.76. The van der Waals surface area contributed by atoms with Crippen LogP contribution >= 0.6 is 0 Å². The molecule has 0 aliphatic heterocycles. The van der Waals surface area contributed by atoms with Crippen molar-refractivity contribution in [2.45, 2.75) is 13.3 Å². The van der Waals surface area contributed by atoms with Gasteiger partial charge in [-0.1, -0.05) is 13.0 Å². The molecule has 0 bridgehead atoms. The Labute approximate surface area is 156 Å². The van der Waals surface area contributed by atoms with E-state index in [4.69, 9.17) is 9.47 Å². The highest BCUT2D eigenvalue weighted by Crippen LogP contribution is 2.38. The minimum atomic E-state index is -0.472. The number of hydrogen-bond donors (Lipinski definition) is 2. The molecule has 0 aliphatic rings. The van der Waals surface area contributed by atoms with Crippen LogP contribution in [0.3, 0.4) is 0 Å². The Morgan fingerprint density at radius 1 is 1.19 bits per heavy atom. The number of carbonyl (C=O) groups excluding carboxylic acids is 1. The molecule has 6 nitrogen and oxygen atoms in total. The number of hydrogen-bond acceptors (Lipinski definition) is 4. The minimum absolute atomic E-state index is 0.224. The number of anilines is 1. The van der Waals surface area contributed by atoms with Gasteiger partial charge in [0.1, 0.15) is 23.0 Å². The van der Waals surface area contributed by atoms with Gasteiger partial charge >= 0.3 is 0 Å². The zero-order valence-corrected chi connectivity index (χ0v) is 15.3. The lowest BCUT2D eigenvalue weighted by molar-refractivity contribution is 0.102. The first-order chi connectivity index (χ1) is 13.1. The summed E-state index contributed by atoms with van der Waals surface area (Å²) in [5.41, 5.74) is 2.69. The number of aromatic nitrogens is 2. The lowest BCUT2D eigenvalue weighted by atomic mass is 10.1. The highest BCUT2D eigenvalue weighted by molar-refractivity contribution is 6.06. The van der Waals surface area contributed by atoms with E-state index in [0.29, 0.717) is 34.9 Å². The van der Waals surface area contributed by atoms with Crippen molar-refractivity contribution < 1.29 is 18.7 Å². The molecule has 2 aromatic carbocycles. The number of aromatic amines is 1. The molecule has 0 radical (unpaired) electrons. The first-order valence-electron chi connectivity index (χ1n) is 8.44. The molecule has 140 valence electrons. The van der Waals surface area contributed by atoms with Gasteiger partial charge in [-0.25, -0.2) is 4.39 Å². The maximum atomic E-state index is 13.4. The summed E-state index contributed by atoms with van der Waals surface area (Å²) in [7, 11) is 3.13. The summed E-state index contributed by atoms with van der Waals surface area (Å²) in [4.78, 5) is 12.6. The van der Waals surface area contributed by atoms with E-state index in [0.717, 1.165) is 5.69 Å². The number of nitrogens with one attached hydrogen (secondary N) is 2. The van der Waals surface area contributed by atoms with Gasteiger partial charge in [0.25, 0.3) is 5.91 Å². The van der Waals surface area contributed by atoms with E-state index in [1.54, 1.807) is 38.5 Å². The summed E-state index contributed by atoms with van der Waals surface area (Å²) >= 11 is 0. The molecule has 3 aromatic rings. The molecular formula is C20H20FN3O3. The second-order valence-electron chi connectivity index (χ2n) is 5.81. The van der Waals surface area contributed by atoms with Gasteiger partial charge < -0.3 is 14.8 Å². The smallest absolute Gasteiger partial charge is 0.255 e. The lowest BCUT2D eigenvalue weighted by Crippen LogP contribution is -2.13. The number of nitrogens with zero attached hydrogens (tertiary/aromatic N) is 1. The average molecular weight is 369 g/mol. The summed E-state index contributed by atoms with van der Waals surface area (Å²) in [6, 6.07) is 10.9. The number of H-pyrrole nitrogens is 1. The first kappa shape index (κ1) is 18.4. The third-order valence-corrected chi connectivity index (χ3v) is 4.18. The van der Waals surface area contributed by atoms with Crippen LogP contribution in [0.25, 0.3) is 11.3 Å². The molecule has 7 heteroatoms. The van der Waals surface area contributed by atoms with Gasteiger partial charge in [-0.05, 0) is 42.8 Å². The van der Waals surface area contributed by atoms with E-state index < -0.39 is 11.7 Å². The Balaban J connectivity index is 2.05. The molecule has 0 atom stereocenters. The van der Waals surface area contributed by atoms with E-state index in [1.807, 2.05) is 6.92 Å². The number of rotatable bonds is 6. The van der Waals surface area contributed by atoms with Crippen molar-refractivity contribution >= 4 is 11.6 Å². The summed E-state index contributed by atoms with van der Waals surface area (Å²) in [5, 5.41) is 10.1. The predicted octanol–water partition coefficient (Wildman–Crippen LogP) is 4.05. The molecule has 0 saturated heterocycles. The van der Waals surface area contributed by atoms with Crippen LogP contribution in [0.5, 0.6) is 11.5 Å². The van der Waals surface area contributed by atoms with Crippen molar-refractivity contribution in [1.29, 1.82) is 0 Å². The second kappa shape index (κ2) is 7.90. The van der Waals surface area contributed by atoms with Crippen molar-refractivity contribution in [2.75, 3.05) is 19.5 Å². The predicted molar refractivity (Wildman–Crippen MR) is 101 cm³/mol. The second-order valence-corrected chi connectivity index (χ2v) is 5.81. The van der Waals surface area contributed by atoms with Crippen molar-refractivity contribution in [2.24, 2.45) is 0 Å². The number of aryl methyl sites for hydroxylation is 1. The molecule has 0 spiro atoms. The maximum absolute atomic E-state index is 13.4. The Hall–Kier alpha value is -3.35. The van der Waals surface area contributed by atoms with E-state index in [-0.39, 0.29) is 5.56 Å². The van der Waals surface area contributed by atoms with Crippen LogP contribution in [0.15, 0.2) is 42.5 Å². The first-order valence-corrected chi connectivity index (χ1v) is 8.44. The number of carbonyl (C=O) groups is 1. The van der Waals surface area contributed by atoms with Crippen LogP contribution < -0.4 is 14.8 Å². The highest BCUT2D eigenvalue weighted by Gasteiger charge is 2.20. The molecule has 3 rings (SSSR count). The number of ether oxygens (including phenoxy) is 2. The van der Waals surface area contributed by atoms with Gasteiger partial charge in [-0.2, -0.15) is 5.10 Å². The van der Waals surface area contributed by atoms with Crippen molar-refractivity contribution in [1.82, 2.24) is 10.2 Å². The Morgan fingerprint density at radius 2 is 2.00 bits per heavy atom.